The molecule has 1 amide bonds. The quantitative estimate of drug-likeness (QED) is 0.765. The molecule has 0 saturated heterocycles. The Balaban J connectivity index is 1.74. The third-order valence-corrected chi connectivity index (χ3v) is 3.76. The van der Waals surface area contributed by atoms with E-state index in [4.69, 9.17) is 18.9 Å². The third-order valence-electron chi connectivity index (χ3n) is 3.76. The van der Waals surface area contributed by atoms with Gasteiger partial charge in [0.15, 0.2) is 23.0 Å². The summed E-state index contributed by atoms with van der Waals surface area (Å²) >= 11 is 0. The first-order valence-corrected chi connectivity index (χ1v) is 8.82. The zero-order valence-corrected chi connectivity index (χ0v) is 15.0. The molecule has 26 heavy (non-hydrogen) atoms. The van der Waals surface area contributed by atoms with Crippen LogP contribution in [0.2, 0.25) is 0 Å². The van der Waals surface area contributed by atoms with Crippen LogP contribution in [0.25, 0.3) is 0 Å². The summed E-state index contributed by atoms with van der Waals surface area (Å²) in [7, 11) is 0. The van der Waals surface area contributed by atoms with Crippen LogP contribution in [0.4, 0.5) is 5.69 Å². The molecule has 3 rings (SSSR count). The molecule has 0 aromatic heterocycles. The van der Waals surface area contributed by atoms with E-state index in [-0.39, 0.29) is 12.7 Å². The van der Waals surface area contributed by atoms with E-state index >= 15 is 0 Å². The Labute approximate surface area is 153 Å². The van der Waals surface area contributed by atoms with Gasteiger partial charge in [0.05, 0.1) is 13.2 Å². The van der Waals surface area contributed by atoms with Crippen LogP contribution in [0, 0.1) is 0 Å². The second-order valence-electron chi connectivity index (χ2n) is 5.88. The largest absolute Gasteiger partial charge is 0.490 e. The number of hydrogen-bond acceptors (Lipinski definition) is 5. The van der Waals surface area contributed by atoms with E-state index in [1.165, 1.54) is 0 Å². The first-order chi connectivity index (χ1) is 12.7. The summed E-state index contributed by atoms with van der Waals surface area (Å²) in [6.07, 6.45) is 1.80. The van der Waals surface area contributed by atoms with Gasteiger partial charge < -0.3 is 24.3 Å². The normalized spacial score (nSPS) is 11.9. The molecule has 0 fully saturated rings. The van der Waals surface area contributed by atoms with Gasteiger partial charge in [0.25, 0.3) is 5.91 Å². The minimum absolute atomic E-state index is 0.178. The Morgan fingerprint density at radius 3 is 2.46 bits per heavy atom. The van der Waals surface area contributed by atoms with Crippen LogP contribution in [0.15, 0.2) is 36.4 Å². The predicted octanol–water partition coefficient (Wildman–Crippen LogP) is 4.25. The maximum absolute atomic E-state index is 12.5. The van der Waals surface area contributed by atoms with Gasteiger partial charge in [-0.25, -0.2) is 0 Å². The zero-order valence-electron chi connectivity index (χ0n) is 15.0. The number of anilines is 1. The highest BCUT2D eigenvalue weighted by atomic mass is 16.7. The van der Waals surface area contributed by atoms with Crippen molar-refractivity contribution in [1.82, 2.24) is 0 Å². The van der Waals surface area contributed by atoms with Gasteiger partial charge in [0, 0.05) is 17.3 Å². The Kier molecular flexibility index (Phi) is 5.84. The summed E-state index contributed by atoms with van der Waals surface area (Å²) in [5.41, 5.74) is 1.14. The summed E-state index contributed by atoms with van der Waals surface area (Å²) in [4.78, 5) is 12.5. The van der Waals surface area contributed by atoms with Crippen molar-refractivity contribution in [2.45, 2.75) is 26.7 Å². The van der Waals surface area contributed by atoms with Gasteiger partial charge in [-0.05, 0) is 43.2 Å². The average Bonchev–Trinajstić information content (AvgIpc) is 3.13. The Morgan fingerprint density at radius 2 is 1.69 bits per heavy atom. The second kappa shape index (κ2) is 8.47. The fourth-order valence-corrected chi connectivity index (χ4v) is 2.48. The smallest absolute Gasteiger partial charge is 0.255 e. The average molecular weight is 357 g/mol. The highest BCUT2D eigenvalue weighted by Crippen LogP contribution is 2.34. The number of fused-ring (bicyclic) bond motifs is 1. The zero-order chi connectivity index (χ0) is 18.4. The summed E-state index contributed by atoms with van der Waals surface area (Å²) in [6.45, 7) is 5.47. The molecule has 0 aliphatic carbocycles. The number of ether oxygens (including phenoxy) is 4. The predicted molar refractivity (Wildman–Crippen MR) is 98.5 cm³/mol. The molecule has 1 N–H and O–H groups in total. The molecule has 0 atom stereocenters. The molecule has 0 saturated carbocycles. The monoisotopic (exact) mass is 357 g/mol. The van der Waals surface area contributed by atoms with Gasteiger partial charge in [-0.15, -0.1) is 0 Å². The summed E-state index contributed by atoms with van der Waals surface area (Å²) in [5.74, 6) is 2.30. The molecule has 1 aliphatic heterocycles. The number of benzene rings is 2. The number of hydrogen-bond donors (Lipinski definition) is 1. The van der Waals surface area contributed by atoms with E-state index in [0.717, 1.165) is 12.8 Å². The number of nitrogens with one attached hydrogen (secondary N) is 1. The van der Waals surface area contributed by atoms with Crippen molar-refractivity contribution in [3.63, 3.8) is 0 Å². The Bertz CT molecular complexity index is 775. The van der Waals surface area contributed by atoms with E-state index in [2.05, 4.69) is 5.32 Å². The van der Waals surface area contributed by atoms with E-state index in [1.54, 1.807) is 30.3 Å². The fraction of sp³-hybridized carbons (Fsp3) is 0.350. The van der Waals surface area contributed by atoms with Gasteiger partial charge in [-0.2, -0.15) is 0 Å². The van der Waals surface area contributed by atoms with Crippen LogP contribution < -0.4 is 24.3 Å². The minimum Gasteiger partial charge on any atom is -0.490 e. The molecule has 0 bridgehead atoms. The molecule has 2 aromatic carbocycles. The molecule has 2 aromatic rings. The van der Waals surface area contributed by atoms with Gasteiger partial charge in [0.1, 0.15) is 0 Å². The standard InChI is InChI=1S/C20H23NO5/c1-3-9-23-16-8-6-15(12-19(16)24-10-4-2)21-20(22)14-5-7-17-18(11-14)26-13-25-17/h5-8,11-12H,3-4,9-10,13H2,1-2H3,(H,21,22). The lowest BCUT2D eigenvalue weighted by atomic mass is 10.2. The van der Waals surface area contributed by atoms with Crippen LogP contribution in [-0.4, -0.2) is 25.9 Å². The van der Waals surface area contributed by atoms with Crippen molar-refractivity contribution in [2.75, 3.05) is 25.3 Å². The van der Waals surface area contributed by atoms with Crippen LogP contribution >= 0.6 is 0 Å². The first kappa shape index (κ1) is 17.9. The molecule has 1 heterocycles. The molecule has 1 aliphatic rings. The van der Waals surface area contributed by atoms with Crippen LogP contribution in [0.5, 0.6) is 23.0 Å². The number of amides is 1. The topological polar surface area (TPSA) is 66.0 Å². The fourth-order valence-electron chi connectivity index (χ4n) is 2.48. The molecule has 0 spiro atoms. The highest BCUT2D eigenvalue weighted by molar-refractivity contribution is 6.04. The van der Waals surface area contributed by atoms with E-state index in [9.17, 15) is 4.79 Å². The summed E-state index contributed by atoms with van der Waals surface area (Å²) < 4.78 is 22.1. The third kappa shape index (κ3) is 4.20. The lowest BCUT2D eigenvalue weighted by molar-refractivity contribution is 0.102. The lowest BCUT2D eigenvalue weighted by Gasteiger charge is -2.14. The summed E-state index contributed by atoms with van der Waals surface area (Å²) in [5, 5.41) is 2.88. The maximum atomic E-state index is 12.5. The van der Waals surface area contributed by atoms with Crippen molar-refractivity contribution in [1.29, 1.82) is 0 Å². The molecule has 6 nitrogen and oxygen atoms in total. The lowest BCUT2D eigenvalue weighted by Crippen LogP contribution is -2.12. The Hall–Kier alpha value is -2.89. The molecule has 0 unspecified atom stereocenters. The first-order valence-electron chi connectivity index (χ1n) is 8.82. The van der Waals surface area contributed by atoms with Crippen molar-refractivity contribution in [2.24, 2.45) is 0 Å². The van der Waals surface area contributed by atoms with E-state index in [1.807, 2.05) is 19.9 Å². The number of rotatable bonds is 8. The number of carbonyl (C=O) groups is 1. The molecule has 6 heteroatoms. The summed E-state index contributed by atoms with van der Waals surface area (Å²) in [6, 6.07) is 10.5. The van der Waals surface area contributed by atoms with Crippen molar-refractivity contribution in [3.8, 4) is 23.0 Å². The molecule has 138 valence electrons. The van der Waals surface area contributed by atoms with E-state index in [0.29, 0.717) is 47.5 Å². The van der Waals surface area contributed by atoms with Gasteiger partial charge in [-0.3, -0.25) is 4.79 Å². The second-order valence-corrected chi connectivity index (χ2v) is 5.88. The van der Waals surface area contributed by atoms with Crippen LogP contribution in [0.1, 0.15) is 37.0 Å². The highest BCUT2D eigenvalue weighted by Gasteiger charge is 2.17. The maximum Gasteiger partial charge on any atom is 0.255 e. The van der Waals surface area contributed by atoms with Crippen LogP contribution in [0.3, 0.4) is 0 Å². The van der Waals surface area contributed by atoms with Crippen molar-refractivity contribution < 1.29 is 23.7 Å². The number of carbonyl (C=O) groups excluding carboxylic acids is 1. The van der Waals surface area contributed by atoms with Crippen molar-refractivity contribution in [3.05, 3.63) is 42.0 Å². The van der Waals surface area contributed by atoms with E-state index < -0.39 is 0 Å². The Morgan fingerprint density at radius 1 is 0.962 bits per heavy atom. The van der Waals surface area contributed by atoms with Crippen LogP contribution in [-0.2, 0) is 0 Å². The van der Waals surface area contributed by atoms with Crippen molar-refractivity contribution >= 4 is 11.6 Å². The van der Waals surface area contributed by atoms with Gasteiger partial charge >= 0.3 is 0 Å². The van der Waals surface area contributed by atoms with Gasteiger partial charge in [0.2, 0.25) is 6.79 Å². The molecular weight excluding hydrogens is 334 g/mol. The molecular formula is C20H23NO5. The van der Waals surface area contributed by atoms with Gasteiger partial charge in [-0.1, -0.05) is 13.8 Å². The minimum atomic E-state index is -0.230. The molecule has 0 radical (unpaired) electrons. The SMILES string of the molecule is CCCOc1ccc(NC(=O)c2ccc3c(c2)OCO3)cc1OCCC.